The molecular weight excluding hydrogens is 366 g/mol. The van der Waals surface area contributed by atoms with Gasteiger partial charge >= 0.3 is 0 Å². The molecule has 0 unspecified atom stereocenters. The molecule has 8 heteroatoms. The van der Waals surface area contributed by atoms with Gasteiger partial charge in [-0.25, -0.2) is 14.9 Å². The minimum atomic E-state index is -0.474. The van der Waals surface area contributed by atoms with Gasteiger partial charge in [-0.1, -0.05) is 11.6 Å². The lowest BCUT2D eigenvalue weighted by Gasteiger charge is -2.33. The molecule has 140 valence electrons. The van der Waals surface area contributed by atoms with Crippen LogP contribution in [0.25, 0.3) is 0 Å². The van der Waals surface area contributed by atoms with Crippen molar-refractivity contribution in [1.82, 2.24) is 15.3 Å². The van der Waals surface area contributed by atoms with Crippen LogP contribution in [0.5, 0.6) is 0 Å². The Kier molecular flexibility index (Phi) is 5.05. The quantitative estimate of drug-likeness (QED) is 0.811. The van der Waals surface area contributed by atoms with Gasteiger partial charge in [0, 0.05) is 36.5 Å². The maximum Gasteiger partial charge on any atom is 0.251 e. The van der Waals surface area contributed by atoms with Crippen LogP contribution >= 0.6 is 11.6 Å². The maximum atomic E-state index is 12.7. The Labute approximate surface area is 162 Å². The fourth-order valence-corrected chi connectivity index (χ4v) is 3.73. The first-order valence-corrected chi connectivity index (χ1v) is 9.40. The number of anilines is 2. The topological polar surface area (TPSA) is 78.4 Å². The zero-order chi connectivity index (χ0) is 18.8. The summed E-state index contributed by atoms with van der Waals surface area (Å²) < 4.78 is 0. The Balaban J connectivity index is 1.36. The number of halogens is 1. The number of imide groups is 1. The van der Waals surface area contributed by atoms with Crippen molar-refractivity contribution in [3.63, 3.8) is 0 Å². The second-order valence-electron chi connectivity index (χ2n) is 6.78. The van der Waals surface area contributed by atoms with Crippen LogP contribution in [0.15, 0.2) is 42.7 Å². The smallest absolute Gasteiger partial charge is 0.251 e. The molecule has 0 aliphatic carbocycles. The van der Waals surface area contributed by atoms with E-state index in [1.165, 1.54) is 4.90 Å². The molecule has 0 spiro atoms. The first kappa shape index (κ1) is 17.9. The molecule has 2 aliphatic rings. The number of hydrogen-bond acceptors (Lipinski definition) is 6. The first-order chi connectivity index (χ1) is 13.1. The summed E-state index contributed by atoms with van der Waals surface area (Å²) in [5, 5.41) is 3.95. The third kappa shape index (κ3) is 3.79. The maximum absolute atomic E-state index is 12.7. The number of nitrogens with one attached hydrogen (secondary N) is 1. The summed E-state index contributed by atoms with van der Waals surface area (Å²) >= 11 is 5.89. The van der Waals surface area contributed by atoms with E-state index in [0.29, 0.717) is 10.7 Å². The molecule has 2 fully saturated rings. The second kappa shape index (κ2) is 7.62. The van der Waals surface area contributed by atoms with Gasteiger partial charge in [0.05, 0.1) is 18.2 Å². The molecule has 1 aromatic carbocycles. The average Bonchev–Trinajstić information content (AvgIpc) is 2.97. The first-order valence-electron chi connectivity index (χ1n) is 9.02. The number of carbonyl (C=O) groups excluding carboxylic acids is 2. The van der Waals surface area contributed by atoms with Crippen molar-refractivity contribution < 1.29 is 9.59 Å². The molecule has 4 rings (SSSR count). The van der Waals surface area contributed by atoms with Crippen LogP contribution in [-0.4, -0.2) is 47.0 Å². The van der Waals surface area contributed by atoms with Gasteiger partial charge in [0.1, 0.15) is 0 Å². The van der Waals surface area contributed by atoms with Crippen molar-refractivity contribution in [3.8, 4) is 0 Å². The zero-order valence-corrected chi connectivity index (χ0v) is 15.5. The van der Waals surface area contributed by atoms with Crippen LogP contribution in [0.1, 0.15) is 19.3 Å². The molecule has 1 N–H and O–H groups in total. The number of rotatable bonds is 4. The molecule has 1 atom stereocenters. The van der Waals surface area contributed by atoms with Gasteiger partial charge in [0.15, 0.2) is 0 Å². The van der Waals surface area contributed by atoms with Crippen molar-refractivity contribution in [2.24, 2.45) is 0 Å². The highest BCUT2D eigenvalue weighted by molar-refractivity contribution is 6.30. The van der Waals surface area contributed by atoms with E-state index in [9.17, 15) is 9.59 Å². The number of aromatic nitrogens is 2. The Morgan fingerprint density at radius 1 is 1.04 bits per heavy atom. The molecule has 0 radical (unpaired) electrons. The highest BCUT2D eigenvalue weighted by Crippen LogP contribution is 2.25. The van der Waals surface area contributed by atoms with Gasteiger partial charge in [-0.3, -0.25) is 9.59 Å². The standard InChI is InChI=1S/C19H20ClN5O2/c20-13-2-4-15(5-3-13)25-17(26)12-16(18(25)27)23-14-6-10-24(11-7-14)19-21-8-1-9-22-19/h1-5,8-9,14,16,23H,6-7,10-12H2/t16-/m1/s1. The third-order valence-electron chi connectivity index (χ3n) is 5.00. The number of nitrogens with zero attached hydrogens (tertiary/aromatic N) is 4. The minimum absolute atomic E-state index is 0.184. The molecular formula is C19H20ClN5O2. The highest BCUT2D eigenvalue weighted by Gasteiger charge is 2.40. The normalized spacial score (nSPS) is 21.1. The summed E-state index contributed by atoms with van der Waals surface area (Å²) in [7, 11) is 0. The predicted molar refractivity (Wildman–Crippen MR) is 103 cm³/mol. The fraction of sp³-hybridized carbons (Fsp3) is 0.368. The summed E-state index contributed by atoms with van der Waals surface area (Å²) in [5.41, 5.74) is 0.565. The molecule has 0 saturated carbocycles. The molecule has 2 aromatic rings. The van der Waals surface area contributed by atoms with Gasteiger partial charge in [0.2, 0.25) is 11.9 Å². The largest absolute Gasteiger partial charge is 0.341 e. The van der Waals surface area contributed by atoms with Gasteiger partial charge in [0.25, 0.3) is 5.91 Å². The Hall–Kier alpha value is -2.51. The van der Waals surface area contributed by atoms with Crippen molar-refractivity contribution in [3.05, 3.63) is 47.7 Å². The summed E-state index contributed by atoms with van der Waals surface area (Å²) in [6, 6.07) is 8.26. The number of benzene rings is 1. The lowest BCUT2D eigenvalue weighted by atomic mass is 10.0. The number of hydrogen-bond donors (Lipinski definition) is 1. The average molecular weight is 386 g/mol. The van der Waals surface area contributed by atoms with Crippen LogP contribution in [0.2, 0.25) is 5.02 Å². The number of piperidine rings is 1. The summed E-state index contributed by atoms with van der Waals surface area (Å²) in [6.07, 6.45) is 5.40. The monoisotopic (exact) mass is 385 g/mol. The van der Waals surface area contributed by atoms with Gasteiger partial charge < -0.3 is 10.2 Å². The molecule has 3 heterocycles. The summed E-state index contributed by atoms with van der Waals surface area (Å²) in [6.45, 7) is 1.63. The van der Waals surface area contributed by atoms with Crippen LogP contribution in [0.3, 0.4) is 0 Å². The Bertz CT molecular complexity index is 822. The van der Waals surface area contributed by atoms with E-state index in [0.717, 1.165) is 31.9 Å². The van der Waals surface area contributed by atoms with Crippen molar-refractivity contribution in [1.29, 1.82) is 0 Å². The van der Waals surface area contributed by atoms with Gasteiger partial charge in [-0.05, 0) is 43.2 Å². The molecule has 2 aliphatic heterocycles. The van der Waals surface area contributed by atoms with E-state index in [4.69, 9.17) is 11.6 Å². The van der Waals surface area contributed by atoms with Crippen molar-refractivity contribution in [2.75, 3.05) is 22.9 Å². The lowest BCUT2D eigenvalue weighted by Crippen LogP contribution is -2.49. The molecule has 2 amide bonds. The number of carbonyl (C=O) groups is 2. The third-order valence-corrected chi connectivity index (χ3v) is 5.25. The lowest BCUT2D eigenvalue weighted by molar-refractivity contribution is -0.121. The fourth-order valence-electron chi connectivity index (χ4n) is 3.61. The molecule has 27 heavy (non-hydrogen) atoms. The summed E-state index contributed by atoms with van der Waals surface area (Å²) in [5.74, 6) is 0.350. The van der Waals surface area contributed by atoms with Crippen LogP contribution in [-0.2, 0) is 9.59 Å². The van der Waals surface area contributed by atoms with E-state index in [1.54, 1.807) is 42.7 Å². The van der Waals surface area contributed by atoms with Gasteiger partial charge in [-0.15, -0.1) is 0 Å². The Morgan fingerprint density at radius 2 is 1.70 bits per heavy atom. The van der Waals surface area contributed by atoms with E-state index in [1.807, 2.05) is 0 Å². The van der Waals surface area contributed by atoms with Crippen LogP contribution in [0.4, 0.5) is 11.6 Å². The van der Waals surface area contributed by atoms with E-state index < -0.39 is 6.04 Å². The molecule has 7 nitrogen and oxygen atoms in total. The number of amides is 2. The van der Waals surface area contributed by atoms with Crippen molar-refractivity contribution >= 4 is 35.1 Å². The predicted octanol–water partition coefficient (Wildman–Crippen LogP) is 2.02. The van der Waals surface area contributed by atoms with Crippen LogP contribution in [0, 0.1) is 0 Å². The van der Waals surface area contributed by atoms with Crippen LogP contribution < -0.4 is 15.1 Å². The molecule has 1 aromatic heterocycles. The SMILES string of the molecule is O=C1C[C@@H](NC2CCN(c3ncccn3)CC2)C(=O)N1c1ccc(Cl)cc1. The molecule has 2 saturated heterocycles. The highest BCUT2D eigenvalue weighted by atomic mass is 35.5. The van der Waals surface area contributed by atoms with E-state index in [-0.39, 0.29) is 24.3 Å². The minimum Gasteiger partial charge on any atom is -0.341 e. The molecule has 0 bridgehead atoms. The van der Waals surface area contributed by atoms with Gasteiger partial charge in [-0.2, -0.15) is 0 Å². The Morgan fingerprint density at radius 3 is 2.37 bits per heavy atom. The second-order valence-corrected chi connectivity index (χ2v) is 7.21. The zero-order valence-electron chi connectivity index (χ0n) is 14.7. The van der Waals surface area contributed by atoms with E-state index >= 15 is 0 Å². The summed E-state index contributed by atoms with van der Waals surface area (Å²) in [4.78, 5) is 37.1. The van der Waals surface area contributed by atoms with E-state index in [2.05, 4.69) is 20.2 Å². The van der Waals surface area contributed by atoms with Crippen molar-refractivity contribution in [2.45, 2.75) is 31.3 Å².